The lowest BCUT2D eigenvalue weighted by molar-refractivity contribution is 0.222. The third-order valence-electron chi connectivity index (χ3n) is 3.79. The molecule has 0 amide bonds. The molecule has 0 bridgehead atoms. The summed E-state index contributed by atoms with van der Waals surface area (Å²) >= 11 is 3.48. The molecular weight excluding hydrogens is 333 g/mol. The minimum absolute atomic E-state index is 0.150. The molecule has 0 spiro atoms. The maximum atomic E-state index is 12.9. The van der Waals surface area contributed by atoms with Gasteiger partial charge in [0.25, 0.3) is 0 Å². The predicted molar refractivity (Wildman–Crippen MR) is 85.1 cm³/mol. The Morgan fingerprint density at radius 1 is 1.29 bits per heavy atom. The Labute approximate surface area is 132 Å². The van der Waals surface area contributed by atoms with E-state index in [1.54, 1.807) is 0 Å². The van der Waals surface area contributed by atoms with E-state index in [1.807, 2.05) is 24.3 Å². The van der Waals surface area contributed by atoms with Gasteiger partial charge in [-0.3, -0.25) is 0 Å². The highest BCUT2D eigenvalue weighted by atomic mass is 79.9. The maximum absolute atomic E-state index is 12.9. The Morgan fingerprint density at radius 2 is 2.05 bits per heavy atom. The van der Waals surface area contributed by atoms with Crippen LogP contribution in [0.25, 0.3) is 0 Å². The normalized spacial score (nSPS) is 18.1. The number of fused-ring (bicyclic) bond motifs is 1. The first-order valence-corrected chi connectivity index (χ1v) is 7.85. The summed E-state index contributed by atoms with van der Waals surface area (Å²) < 4.78 is 19.9. The van der Waals surface area contributed by atoms with Crippen molar-refractivity contribution in [1.82, 2.24) is 5.32 Å². The fourth-order valence-electron chi connectivity index (χ4n) is 2.58. The molecule has 2 aromatic rings. The Kier molecular flexibility index (Phi) is 4.27. The minimum Gasteiger partial charge on any atom is -0.488 e. The Hall–Kier alpha value is -1.39. The average molecular weight is 350 g/mol. The van der Waals surface area contributed by atoms with Gasteiger partial charge in [-0.15, -0.1) is 0 Å². The van der Waals surface area contributed by atoms with Gasteiger partial charge < -0.3 is 10.1 Å². The molecule has 0 aromatic heterocycles. The third kappa shape index (κ3) is 3.44. The van der Waals surface area contributed by atoms with Crippen molar-refractivity contribution < 1.29 is 9.13 Å². The van der Waals surface area contributed by atoms with Crippen LogP contribution in [0.4, 0.5) is 4.39 Å². The fraction of sp³-hybridized carbons (Fsp3) is 0.294. The van der Waals surface area contributed by atoms with E-state index in [9.17, 15) is 4.39 Å². The zero-order chi connectivity index (χ0) is 14.8. The summed E-state index contributed by atoms with van der Waals surface area (Å²) in [4.78, 5) is 0. The monoisotopic (exact) mass is 349 g/mol. The van der Waals surface area contributed by atoms with Gasteiger partial charge in [0, 0.05) is 23.5 Å². The van der Waals surface area contributed by atoms with Crippen LogP contribution in [0, 0.1) is 5.82 Å². The van der Waals surface area contributed by atoms with Crippen molar-refractivity contribution in [3.8, 4) is 5.75 Å². The van der Waals surface area contributed by atoms with Gasteiger partial charge in [0.05, 0.1) is 0 Å². The van der Waals surface area contributed by atoms with Crippen LogP contribution in [0.1, 0.15) is 24.1 Å². The summed E-state index contributed by atoms with van der Waals surface area (Å²) in [5.74, 6) is 0.769. The molecule has 1 aliphatic heterocycles. The van der Waals surface area contributed by atoms with Gasteiger partial charge in [-0.1, -0.05) is 28.1 Å². The Bertz CT molecular complexity index is 629. The van der Waals surface area contributed by atoms with Crippen molar-refractivity contribution in [2.75, 3.05) is 6.54 Å². The Morgan fingerprint density at radius 3 is 2.81 bits per heavy atom. The topological polar surface area (TPSA) is 21.3 Å². The van der Waals surface area contributed by atoms with Crippen LogP contribution in [-0.2, 0) is 6.42 Å². The number of nitrogens with one attached hydrogen (secondary N) is 1. The number of halogens is 2. The quantitative estimate of drug-likeness (QED) is 0.891. The standard InChI is InChI=1S/C17H17BrFNO/c1-11(12-2-5-15(19)6-3-12)20-10-16-9-13-8-14(18)4-7-17(13)21-16/h2-8,11,16,20H,9-10H2,1H3/t11-,16?/m1/s1. The molecule has 2 aromatic carbocycles. The van der Waals surface area contributed by atoms with Crippen molar-refractivity contribution in [2.24, 2.45) is 0 Å². The lowest BCUT2D eigenvalue weighted by Gasteiger charge is -2.17. The smallest absolute Gasteiger partial charge is 0.123 e. The lowest BCUT2D eigenvalue weighted by atomic mass is 10.1. The number of hydrogen-bond acceptors (Lipinski definition) is 2. The second-order valence-electron chi connectivity index (χ2n) is 5.38. The zero-order valence-electron chi connectivity index (χ0n) is 11.8. The molecule has 2 nitrogen and oxygen atoms in total. The molecule has 21 heavy (non-hydrogen) atoms. The molecule has 0 saturated carbocycles. The summed E-state index contributed by atoms with van der Waals surface area (Å²) in [6.45, 7) is 2.84. The van der Waals surface area contributed by atoms with E-state index in [4.69, 9.17) is 4.74 Å². The molecule has 1 N–H and O–H groups in total. The molecule has 3 rings (SSSR count). The van der Waals surface area contributed by atoms with E-state index >= 15 is 0 Å². The highest BCUT2D eigenvalue weighted by Crippen LogP contribution is 2.31. The molecule has 0 aliphatic carbocycles. The van der Waals surface area contributed by atoms with Gasteiger partial charge in [0.15, 0.2) is 0 Å². The van der Waals surface area contributed by atoms with Crippen molar-refractivity contribution in [1.29, 1.82) is 0 Å². The van der Waals surface area contributed by atoms with Crippen molar-refractivity contribution >= 4 is 15.9 Å². The largest absolute Gasteiger partial charge is 0.488 e. The van der Waals surface area contributed by atoms with Gasteiger partial charge in [0.2, 0.25) is 0 Å². The van der Waals surface area contributed by atoms with Crippen LogP contribution in [-0.4, -0.2) is 12.6 Å². The predicted octanol–water partition coefficient (Wildman–Crippen LogP) is 4.24. The van der Waals surface area contributed by atoms with Crippen LogP contribution in [0.3, 0.4) is 0 Å². The summed E-state index contributed by atoms with van der Waals surface area (Å²) in [5.41, 5.74) is 2.32. The van der Waals surface area contributed by atoms with Crippen LogP contribution in [0.15, 0.2) is 46.9 Å². The van der Waals surface area contributed by atoms with E-state index in [1.165, 1.54) is 17.7 Å². The minimum atomic E-state index is -0.203. The van der Waals surface area contributed by atoms with Crippen molar-refractivity contribution in [2.45, 2.75) is 25.5 Å². The fourth-order valence-corrected chi connectivity index (χ4v) is 2.99. The molecule has 1 unspecified atom stereocenters. The lowest BCUT2D eigenvalue weighted by Crippen LogP contribution is -2.31. The van der Waals surface area contributed by atoms with E-state index in [-0.39, 0.29) is 18.0 Å². The highest BCUT2D eigenvalue weighted by molar-refractivity contribution is 9.10. The first-order chi connectivity index (χ1) is 10.1. The number of rotatable bonds is 4. The number of hydrogen-bond donors (Lipinski definition) is 1. The third-order valence-corrected chi connectivity index (χ3v) is 4.28. The van der Waals surface area contributed by atoms with Gasteiger partial charge in [-0.05, 0) is 48.4 Å². The summed E-state index contributed by atoms with van der Waals surface area (Å²) in [6, 6.07) is 12.9. The molecule has 1 aliphatic rings. The summed E-state index contributed by atoms with van der Waals surface area (Å²) in [6.07, 6.45) is 1.06. The van der Waals surface area contributed by atoms with Gasteiger partial charge in [-0.25, -0.2) is 4.39 Å². The van der Waals surface area contributed by atoms with E-state index in [0.29, 0.717) is 0 Å². The molecule has 0 fully saturated rings. The second-order valence-corrected chi connectivity index (χ2v) is 6.29. The zero-order valence-corrected chi connectivity index (χ0v) is 13.4. The number of ether oxygens (including phenoxy) is 1. The first-order valence-electron chi connectivity index (χ1n) is 7.06. The first kappa shape index (κ1) is 14.5. The van der Waals surface area contributed by atoms with Crippen LogP contribution >= 0.6 is 15.9 Å². The van der Waals surface area contributed by atoms with Crippen LogP contribution in [0.2, 0.25) is 0 Å². The van der Waals surface area contributed by atoms with E-state index < -0.39 is 0 Å². The molecular formula is C17H17BrFNO. The van der Waals surface area contributed by atoms with E-state index in [2.05, 4.69) is 34.2 Å². The van der Waals surface area contributed by atoms with Gasteiger partial charge in [-0.2, -0.15) is 0 Å². The molecule has 0 radical (unpaired) electrons. The van der Waals surface area contributed by atoms with Gasteiger partial charge in [0.1, 0.15) is 17.7 Å². The number of benzene rings is 2. The summed E-state index contributed by atoms with van der Waals surface area (Å²) in [5, 5.41) is 3.45. The van der Waals surface area contributed by atoms with Crippen LogP contribution in [0.5, 0.6) is 5.75 Å². The molecule has 2 atom stereocenters. The molecule has 0 saturated heterocycles. The van der Waals surface area contributed by atoms with Crippen molar-refractivity contribution in [3.63, 3.8) is 0 Å². The Balaban J connectivity index is 1.56. The molecule has 1 heterocycles. The summed E-state index contributed by atoms with van der Waals surface area (Å²) in [7, 11) is 0. The molecule has 110 valence electrons. The maximum Gasteiger partial charge on any atom is 0.123 e. The van der Waals surface area contributed by atoms with Crippen molar-refractivity contribution in [3.05, 3.63) is 63.9 Å². The highest BCUT2D eigenvalue weighted by Gasteiger charge is 2.23. The van der Waals surface area contributed by atoms with Crippen LogP contribution < -0.4 is 10.1 Å². The SMILES string of the molecule is C[C@@H](NCC1Cc2cc(Br)ccc2O1)c1ccc(F)cc1. The van der Waals surface area contributed by atoms with Gasteiger partial charge >= 0.3 is 0 Å². The van der Waals surface area contributed by atoms with E-state index in [0.717, 1.165) is 28.8 Å². The second kappa shape index (κ2) is 6.16. The average Bonchev–Trinajstić information content (AvgIpc) is 2.87. The molecule has 4 heteroatoms.